The molecular weight excluding hydrogens is 421 g/mol. The summed E-state index contributed by atoms with van der Waals surface area (Å²) in [6.45, 7) is 7.03. The molecule has 0 aliphatic carbocycles. The molecule has 0 bridgehead atoms. The molecule has 0 spiro atoms. The average Bonchev–Trinajstić information content (AvgIpc) is 2.27. The molecule has 19 heavy (non-hydrogen) atoms. The SMILES string of the molecule is CC(C)(C)CC(Br)CNC(=O)c1cc(I)ccc1O. The summed E-state index contributed by atoms with van der Waals surface area (Å²) >= 11 is 5.68. The van der Waals surface area contributed by atoms with E-state index in [1.807, 2.05) is 0 Å². The molecule has 1 amide bonds. The first-order valence-corrected chi connectivity index (χ1v) is 8.09. The van der Waals surface area contributed by atoms with E-state index in [9.17, 15) is 9.90 Å². The number of phenols is 1. The van der Waals surface area contributed by atoms with Crippen LogP contribution in [0.15, 0.2) is 18.2 Å². The van der Waals surface area contributed by atoms with E-state index in [0.717, 1.165) is 9.99 Å². The third-order valence-corrected chi connectivity index (χ3v) is 3.84. The van der Waals surface area contributed by atoms with Gasteiger partial charge in [-0.15, -0.1) is 0 Å². The first kappa shape index (κ1) is 16.8. The van der Waals surface area contributed by atoms with Crippen molar-refractivity contribution in [1.82, 2.24) is 5.32 Å². The monoisotopic (exact) mass is 439 g/mol. The zero-order chi connectivity index (χ0) is 14.6. The second-order valence-corrected chi connectivity index (χ2v) is 8.27. The highest BCUT2D eigenvalue weighted by Crippen LogP contribution is 2.24. The summed E-state index contributed by atoms with van der Waals surface area (Å²) < 4.78 is 0.922. The lowest BCUT2D eigenvalue weighted by molar-refractivity contribution is 0.0949. The Kier molecular flexibility index (Phi) is 6.11. The smallest absolute Gasteiger partial charge is 0.255 e. The van der Waals surface area contributed by atoms with E-state index >= 15 is 0 Å². The normalized spacial score (nSPS) is 13.1. The number of hydrogen-bond donors (Lipinski definition) is 2. The predicted octanol–water partition coefficient (Wildman–Crippen LogP) is 3.93. The highest BCUT2D eigenvalue weighted by atomic mass is 127. The summed E-state index contributed by atoms with van der Waals surface area (Å²) in [5.41, 5.74) is 0.533. The highest BCUT2D eigenvalue weighted by molar-refractivity contribution is 14.1. The summed E-state index contributed by atoms with van der Waals surface area (Å²) in [6.07, 6.45) is 0.964. The number of carbonyl (C=O) groups is 1. The Morgan fingerprint density at radius 3 is 2.68 bits per heavy atom. The van der Waals surface area contributed by atoms with Crippen molar-refractivity contribution in [3.63, 3.8) is 0 Å². The lowest BCUT2D eigenvalue weighted by Crippen LogP contribution is -2.31. The number of alkyl halides is 1. The van der Waals surface area contributed by atoms with Crippen LogP contribution in [0.25, 0.3) is 0 Å². The molecule has 0 radical (unpaired) electrons. The third kappa shape index (κ3) is 6.12. The van der Waals surface area contributed by atoms with Crippen molar-refractivity contribution < 1.29 is 9.90 Å². The molecule has 0 heterocycles. The molecule has 1 rings (SSSR count). The standard InChI is InChI=1S/C14H19BrINO2/c1-14(2,3)7-9(15)8-17-13(19)11-6-10(16)4-5-12(11)18/h4-6,9,18H,7-8H2,1-3H3,(H,17,19). The highest BCUT2D eigenvalue weighted by Gasteiger charge is 2.18. The Morgan fingerprint density at radius 2 is 2.11 bits per heavy atom. The maximum atomic E-state index is 12.0. The summed E-state index contributed by atoms with van der Waals surface area (Å²) in [6, 6.07) is 4.98. The van der Waals surface area contributed by atoms with Crippen LogP contribution in [0, 0.1) is 8.99 Å². The van der Waals surface area contributed by atoms with E-state index in [1.54, 1.807) is 12.1 Å². The van der Waals surface area contributed by atoms with E-state index in [0.29, 0.717) is 12.1 Å². The summed E-state index contributed by atoms with van der Waals surface area (Å²) in [5, 5.41) is 12.5. The molecular formula is C14H19BrINO2. The van der Waals surface area contributed by atoms with Crippen molar-refractivity contribution in [1.29, 1.82) is 0 Å². The van der Waals surface area contributed by atoms with E-state index in [1.165, 1.54) is 6.07 Å². The summed E-state index contributed by atoms with van der Waals surface area (Å²) in [4.78, 5) is 12.2. The minimum absolute atomic E-state index is 0.0138. The van der Waals surface area contributed by atoms with Crippen molar-refractivity contribution in [3.8, 4) is 5.75 Å². The van der Waals surface area contributed by atoms with Gasteiger partial charge >= 0.3 is 0 Å². The molecule has 0 aromatic heterocycles. The summed E-state index contributed by atoms with van der Waals surface area (Å²) in [5.74, 6) is -0.228. The van der Waals surface area contributed by atoms with Gasteiger partial charge in [-0.1, -0.05) is 36.7 Å². The molecule has 0 aliphatic rings. The molecule has 1 atom stereocenters. The second-order valence-electron chi connectivity index (χ2n) is 5.73. The number of amides is 1. The second kappa shape index (κ2) is 6.92. The van der Waals surface area contributed by atoms with Crippen LogP contribution in [0.1, 0.15) is 37.6 Å². The van der Waals surface area contributed by atoms with Crippen molar-refractivity contribution >= 4 is 44.4 Å². The molecule has 3 nitrogen and oxygen atoms in total. The van der Waals surface area contributed by atoms with Crippen LogP contribution in [0.2, 0.25) is 0 Å². The van der Waals surface area contributed by atoms with Gasteiger partial charge in [0.1, 0.15) is 5.75 Å². The van der Waals surface area contributed by atoms with Gasteiger partial charge in [0.25, 0.3) is 5.91 Å². The van der Waals surface area contributed by atoms with E-state index in [4.69, 9.17) is 0 Å². The molecule has 1 aromatic carbocycles. The van der Waals surface area contributed by atoms with E-state index in [-0.39, 0.29) is 21.9 Å². The molecule has 0 saturated carbocycles. The van der Waals surface area contributed by atoms with Crippen LogP contribution >= 0.6 is 38.5 Å². The Bertz CT molecular complexity index is 457. The van der Waals surface area contributed by atoms with Crippen molar-refractivity contribution in [2.45, 2.75) is 32.0 Å². The third-order valence-electron chi connectivity index (χ3n) is 2.52. The molecule has 106 valence electrons. The molecule has 1 unspecified atom stereocenters. The fraction of sp³-hybridized carbons (Fsp3) is 0.500. The largest absolute Gasteiger partial charge is 0.507 e. The molecule has 5 heteroatoms. The van der Waals surface area contributed by atoms with Crippen molar-refractivity contribution in [2.24, 2.45) is 5.41 Å². The number of hydrogen-bond acceptors (Lipinski definition) is 2. The minimum Gasteiger partial charge on any atom is -0.507 e. The lowest BCUT2D eigenvalue weighted by Gasteiger charge is -2.22. The van der Waals surface area contributed by atoms with Gasteiger partial charge < -0.3 is 10.4 Å². The maximum absolute atomic E-state index is 12.0. The van der Waals surface area contributed by atoms with Gasteiger partial charge in [-0.25, -0.2) is 0 Å². The molecule has 1 aromatic rings. The van der Waals surface area contributed by atoms with Gasteiger partial charge in [0.2, 0.25) is 0 Å². The van der Waals surface area contributed by atoms with Gasteiger partial charge in [0.05, 0.1) is 5.56 Å². The first-order valence-electron chi connectivity index (χ1n) is 6.10. The number of halogens is 2. The van der Waals surface area contributed by atoms with Crippen LogP contribution in [0.5, 0.6) is 5.75 Å². The van der Waals surface area contributed by atoms with Gasteiger partial charge in [0.15, 0.2) is 0 Å². The summed E-state index contributed by atoms with van der Waals surface area (Å²) in [7, 11) is 0. The Labute approximate surface area is 136 Å². The number of phenolic OH excluding ortho intramolecular Hbond substituents is 1. The minimum atomic E-state index is -0.241. The molecule has 0 saturated heterocycles. The van der Waals surface area contributed by atoms with Gasteiger partial charge in [0, 0.05) is 14.9 Å². The Hall–Kier alpha value is -0.300. The molecule has 0 aliphatic heterocycles. The van der Waals surface area contributed by atoms with Crippen LogP contribution in [0.3, 0.4) is 0 Å². The van der Waals surface area contributed by atoms with Gasteiger partial charge in [-0.2, -0.15) is 0 Å². The fourth-order valence-electron chi connectivity index (χ4n) is 1.73. The van der Waals surface area contributed by atoms with Crippen LogP contribution in [-0.2, 0) is 0 Å². The number of aromatic hydroxyl groups is 1. The van der Waals surface area contributed by atoms with Crippen LogP contribution in [0.4, 0.5) is 0 Å². The van der Waals surface area contributed by atoms with Crippen LogP contribution < -0.4 is 5.32 Å². The van der Waals surface area contributed by atoms with E-state index < -0.39 is 0 Å². The Balaban J connectivity index is 2.58. The van der Waals surface area contributed by atoms with Crippen molar-refractivity contribution in [3.05, 3.63) is 27.3 Å². The lowest BCUT2D eigenvalue weighted by atomic mass is 9.90. The van der Waals surface area contributed by atoms with Crippen molar-refractivity contribution in [2.75, 3.05) is 6.54 Å². The quantitative estimate of drug-likeness (QED) is 0.551. The van der Waals surface area contributed by atoms with Gasteiger partial charge in [-0.05, 0) is 52.6 Å². The zero-order valence-corrected chi connectivity index (χ0v) is 15.1. The van der Waals surface area contributed by atoms with Gasteiger partial charge in [-0.3, -0.25) is 4.79 Å². The topological polar surface area (TPSA) is 49.3 Å². The number of carbonyl (C=O) groups excluding carboxylic acids is 1. The zero-order valence-electron chi connectivity index (χ0n) is 11.3. The number of rotatable bonds is 4. The Morgan fingerprint density at radius 1 is 1.47 bits per heavy atom. The molecule has 0 fully saturated rings. The van der Waals surface area contributed by atoms with Crippen LogP contribution in [-0.4, -0.2) is 22.4 Å². The molecule has 2 N–H and O–H groups in total. The number of nitrogens with one attached hydrogen (secondary N) is 1. The van der Waals surface area contributed by atoms with E-state index in [2.05, 4.69) is 64.6 Å². The fourth-order valence-corrected chi connectivity index (χ4v) is 3.35. The maximum Gasteiger partial charge on any atom is 0.255 e. The first-order chi connectivity index (χ1) is 8.69. The average molecular weight is 440 g/mol. The number of benzene rings is 1. The predicted molar refractivity (Wildman–Crippen MR) is 89.9 cm³/mol.